The summed E-state index contributed by atoms with van der Waals surface area (Å²) < 4.78 is 1.95. The van der Waals surface area contributed by atoms with E-state index < -0.39 is 0 Å². The quantitative estimate of drug-likeness (QED) is 0.881. The predicted molar refractivity (Wildman–Crippen MR) is 97.4 cm³/mol. The third-order valence-corrected chi connectivity index (χ3v) is 5.55. The molecule has 2 fully saturated rings. The van der Waals surface area contributed by atoms with Gasteiger partial charge in [0, 0.05) is 12.7 Å². The van der Waals surface area contributed by atoms with Crippen molar-refractivity contribution < 1.29 is 4.79 Å². The summed E-state index contributed by atoms with van der Waals surface area (Å²) in [6, 6.07) is 12.6. The van der Waals surface area contributed by atoms with E-state index in [4.69, 9.17) is 0 Å². The molecule has 5 nitrogen and oxygen atoms in total. The zero-order valence-corrected chi connectivity index (χ0v) is 14.5. The Morgan fingerprint density at radius 3 is 2.68 bits per heavy atom. The maximum atomic E-state index is 12.8. The molecule has 0 radical (unpaired) electrons. The molecule has 0 bridgehead atoms. The molecule has 1 aromatic heterocycles. The highest BCUT2D eigenvalue weighted by atomic mass is 16.2. The summed E-state index contributed by atoms with van der Waals surface area (Å²) in [4.78, 5) is 12.8. The molecule has 5 heteroatoms. The van der Waals surface area contributed by atoms with E-state index in [0.29, 0.717) is 17.7 Å². The third kappa shape index (κ3) is 3.61. The molecule has 2 aromatic rings. The van der Waals surface area contributed by atoms with Crippen molar-refractivity contribution in [3.63, 3.8) is 0 Å². The van der Waals surface area contributed by atoms with E-state index in [-0.39, 0.29) is 11.9 Å². The number of hydrogen-bond donors (Lipinski definition) is 2. The van der Waals surface area contributed by atoms with Crippen LogP contribution in [-0.4, -0.2) is 28.8 Å². The number of aromatic nitrogens is 2. The number of amides is 1. The fraction of sp³-hybridized carbons (Fsp3) is 0.500. The Morgan fingerprint density at radius 1 is 1.16 bits per heavy atom. The summed E-state index contributed by atoms with van der Waals surface area (Å²) in [7, 11) is 0. The van der Waals surface area contributed by atoms with E-state index >= 15 is 0 Å². The maximum Gasteiger partial charge on any atom is 0.272 e. The predicted octanol–water partition coefficient (Wildman–Crippen LogP) is 3.08. The van der Waals surface area contributed by atoms with Crippen LogP contribution in [0.25, 0.3) is 0 Å². The molecule has 2 unspecified atom stereocenters. The lowest BCUT2D eigenvalue weighted by Gasteiger charge is -2.34. The fourth-order valence-electron chi connectivity index (χ4n) is 3.84. The lowest BCUT2D eigenvalue weighted by molar-refractivity contribution is 0.0894. The molecule has 25 heavy (non-hydrogen) atoms. The highest BCUT2D eigenvalue weighted by molar-refractivity contribution is 5.92. The second kappa shape index (κ2) is 7.40. The minimum atomic E-state index is -0.0664. The van der Waals surface area contributed by atoms with Gasteiger partial charge < -0.3 is 10.6 Å². The first kappa shape index (κ1) is 16.3. The molecule has 2 atom stereocenters. The molecule has 1 aliphatic carbocycles. The van der Waals surface area contributed by atoms with Gasteiger partial charge in [-0.1, -0.05) is 36.8 Å². The van der Waals surface area contributed by atoms with E-state index in [1.165, 1.54) is 24.8 Å². The highest BCUT2D eigenvalue weighted by Crippen LogP contribution is 2.37. The molecular weight excluding hydrogens is 312 g/mol. The molecule has 4 rings (SSSR count). The summed E-state index contributed by atoms with van der Waals surface area (Å²) in [5.41, 5.74) is 1.71. The van der Waals surface area contributed by atoms with Crippen molar-refractivity contribution in [1.29, 1.82) is 0 Å². The summed E-state index contributed by atoms with van der Waals surface area (Å²) in [5, 5.41) is 11.2. The van der Waals surface area contributed by atoms with E-state index in [2.05, 4.69) is 27.9 Å². The van der Waals surface area contributed by atoms with Gasteiger partial charge in [-0.2, -0.15) is 5.10 Å². The zero-order chi connectivity index (χ0) is 17.1. The van der Waals surface area contributed by atoms with Crippen LogP contribution >= 0.6 is 0 Å². The molecule has 0 spiro atoms. The number of carbonyl (C=O) groups excluding carboxylic acids is 1. The molecule has 1 saturated carbocycles. The van der Waals surface area contributed by atoms with Gasteiger partial charge in [0.05, 0.1) is 12.1 Å². The second-order valence-corrected chi connectivity index (χ2v) is 7.23. The third-order valence-electron chi connectivity index (χ3n) is 5.55. The second-order valence-electron chi connectivity index (χ2n) is 7.23. The first-order valence-corrected chi connectivity index (χ1v) is 9.43. The molecule has 132 valence electrons. The molecule has 1 amide bonds. The first-order valence-electron chi connectivity index (χ1n) is 9.43. The Hall–Kier alpha value is -2.14. The standard InChI is InChI=1S/C20H26N4O/c25-20(18-11-13-24(23-18)17-10-5-12-21-14-17)22-19(16-8-4-9-16)15-6-2-1-3-7-15/h1-3,6-7,11,13,16-17,19,21H,4-5,8-10,12,14H2,(H,22,25). The number of hydrogen-bond acceptors (Lipinski definition) is 3. The highest BCUT2D eigenvalue weighted by Gasteiger charge is 2.30. The monoisotopic (exact) mass is 338 g/mol. The van der Waals surface area contributed by atoms with E-state index in [1.807, 2.05) is 35.1 Å². The number of benzene rings is 1. The Labute approximate surface area is 148 Å². The molecule has 2 N–H and O–H groups in total. The van der Waals surface area contributed by atoms with Crippen molar-refractivity contribution in [3.8, 4) is 0 Å². The number of piperidine rings is 1. The van der Waals surface area contributed by atoms with E-state index in [0.717, 1.165) is 25.9 Å². The molecule has 2 aliphatic rings. The average molecular weight is 338 g/mol. The van der Waals surface area contributed by atoms with E-state index in [9.17, 15) is 4.79 Å². The molecule has 1 aromatic carbocycles. The van der Waals surface area contributed by atoms with Gasteiger partial charge in [0.1, 0.15) is 5.69 Å². The first-order chi connectivity index (χ1) is 12.3. The van der Waals surface area contributed by atoms with Crippen molar-refractivity contribution in [2.24, 2.45) is 5.92 Å². The van der Waals surface area contributed by atoms with Crippen molar-refractivity contribution in [2.45, 2.75) is 44.2 Å². The normalized spacial score (nSPS) is 22.2. The van der Waals surface area contributed by atoms with Crippen molar-refractivity contribution in [2.75, 3.05) is 13.1 Å². The van der Waals surface area contributed by atoms with Crippen LogP contribution in [0, 0.1) is 5.92 Å². The van der Waals surface area contributed by atoms with Gasteiger partial charge in [-0.25, -0.2) is 0 Å². The van der Waals surface area contributed by atoms with Gasteiger partial charge in [-0.15, -0.1) is 0 Å². The van der Waals surface area contributed by atoms with Crippen molar-refractivity contribution >= 4 is 5.91 Å². The summed E-state index contributed by atoms with van der Waals surface area (Å²) in [6.45, 7) is 2.00. The number of nitrogens with one attached hydrogen (secondary N) is 2. The lowest BCUT2D eigenvalue weighted by atomic mass is 9.77. The van der Waals surface area contributed by atoms with Gasteiger partial charge in [0.25, 0.3) is 5.91 Å². The summed E-state index contributed by atoms with van der Waals surface area (Å²) in [5.74, 6) is 0.472. The average Bonchev–Trinajstić information content (AvgIpc) is 3.11. The molecule has 1 saturated heterocycles. The van der Waals surface area contributed by atoms with Gasteiger partial charge >= 0.3 is 0 Å². The van der Waals surface area contributed by atoms with Gasteiger partial charge in [-0.3, -0.25) is 9.48 Å². The number of nitrogens with zero attached hydrogens (tertiary/aromatic N) is 2. The number of rotatable bonds is 5. The molecular formula is C20H26N4O. The smallest absolute Gasteiger partial charge is 0.272 e. The van der Waals surface area contributed by atoms with Gasteiger partial charge in [0.2, 0.25) is 0 Å². The minimum Gasteiger partial charge on any atom is -0.344 e. The van der Waals surface area contributed by atoms with Crippen LogP contribution in [0.4, 0.5) is 0 Å². The Morgan fingerprint density at radius 2 is 2.00 bits per heavy atom. The Kier molecular flexibility index (Phi) is 4.83. The maximum absolute atomic E-state index is 12.8. The summed E-state index contributed by atoms with van der Waals surface area (Å²) >= 11 is 0. The lowest BCUT2D eigenvalue weighted by Crippen LogP contribution is -2.36. The molecule has 1 aliphatic heterocycles. The van der Waals surface area contributed by atoms with Gasteiger partial charge in [-0.05, 0) is 49.8 Å². The fourth-order valence-corrected chi connectivity index (χ4v) is 3.84. The van der Waals surface area contributed by atoms with E-state index in [1.54, 1.807) is 0 Å². The van der Waals surface area contributed by atoms with Crippen LogP contribution in [0.5, 0.6) is 0 Å². The van der Waals surface area contributed by atoms with Crippen molar-refractivity contribution in [1.82, 2.24) is 20.4 Å². The largest absolute Gasteiger partial charge is 0.344 e. The minimum absolute atomic E-state index is 0.0664. The van der Waals surface area contributed by atoms with Crippen LogP contribution in [0.2, 0.25) is 0 Å². The Balaban J connectivity index is 1.47. The van der Waals surface area contributed by atoms with Crippen LogP contribution in [-0.2, 0) is 0 Å². The Bertz CT molecular complexity index is 701. The van der Waals surface area contributed by atoms with Crippen LogP contribution < -0.4 is 10.6 Å². The van der Waals surface area contributed by atoms with Crippen LogP contribution in [0.1, 0.15) is 60.2 Å². The summed E-state index contributed by atoms with van der Waals surface area (Å²) in [6.07, 6.45) is 7.83. The van der Waals surface area contributed by atoms with Gasteiger partial charge in [0.15, 0.2) is 0 Å². The van der Waals surface area contributed by atoms with Crippen LogP contribution in [0.15, 0.2) is 42.6 Å². The van der Waals surface area contributed by atoms with Crippen molar-refractivity contribution in [3.05, 3.63) is 53.9 Å². The zero-order valence-electron chi connectivity index (χ0n) is 14.5. The topological polar surface area (TPSA) is 59.0 Å². The SMILES string of the molecule is O=C(NC(c1ccccc1)C1CCC1)c1ccn(C2CCCNC2)n1. The molecule has 2 heterocycles. The number of carbonyl (C=O) groups is 1. The van der Waals surface area contributed by atoms with Crippen LogP contribution in [0.3, 0.4) is 0 Å².